The highest BCUT2D eigenvalue weighted by Gasteiger charge is 2.42. The number of benzene rings is 1. The number of nitrogens with one attached hydrogen (secondary N) is 1. The van der Waals surface area contributed by atoms with E-state index in [1.807, 2.05) is 0 Å². The summed E-state index contributed by atoms with van der Waals surface area (Å²) in [7, 11) is -4.35. The number of hydrogen-bond donors (Lipinski definition) is 3. The van der Waals surface area contributed by atoms with Crippen molar-refractivity contribution < 1.29 is 50.9 Å². The molecule has 1 heterocycles. The van der Waals surface area contributed by atoms with Gasteiger partial charge in [-0.15, -0.1) is 11.3 Å². The summed E-state index contributed by atoms with van der Waals surface area (Å²) in [6.45, 7) is -0.331. The summed E-state index contributed by atoms with van der Waals surface area (Å²) in [5.41, 5.74) is -0.949. The predicted octanol–water partition coefficient (Wildman–Crippen LogP) is 2.77. The molecule has 2 rings (SSSR count). The highest BCUT2D eigenvalue weighted by molar-refractivity contribution is 7.93. The zero-order chi connectivity index (χ0) is 27.1. The number of carbonyl (C=O) groups excluding carboxylic acids is 2. The van der Waals surface area contributed by atoms with Crippen molar-refractivity contribution in [3.8, 4) is 5.75 Å². The molecule has 0 aliphatic rings. The monoisotopic (exact) mass is 594 g/mol. The first-order chi connectivity index (χ1) is 16.8. The molecule has 0 aliphatic carbocycles. The number of hydrogen-bond acceptors (Lipinski definition) is 10. The van der Waals surface area contributed by atoms with Crippen LogP contribution in [0.25, 0.3) is 0 Å². The Labute approximate surface area is 217 Å². The van der Waals surface area contributed by atoms with Gasteiger partial charge in [0.1, 0.15) is 27.2 Å². The number of aliphatic hydroxyl groups is 2. The van der Waals surface area contributed by atoms with E-state index in [-0.39, 0.29) is 53.8 Å². The van der Waals surface area contributed by atoms with Crippen molar-refractivity contribution in [3.05, 3.63) is 38.5 Å². The molecule has 0 atom stereocenters. The molecule has 17 heteroatoms. The highest BCUT2D eigenvalue weighted by atomic mass is 35.5. The van der Waals surface area contributed by atoms with E-state index in [0.29, 0.717) is 6.07 Å². The largest absolute Gasteiger partial charge is 0.491 e. The average Bonchev–Trinajstić information content (AvgIpc) is 3.12. The van der Waals surface area contributed by atoms with E-state index in [1.54, 1.807) is 4.90 Å². The Morgan fingerprint density at radius 2 is 1.72 bits per heavy atom. The molecule has 0 fully saturated rings. The molecular formula is C19H19Cl2F3N2O8S2. The molecule has 2 aromatic rings. The minimum Gasteiger partial charge on any atom is -0.461 e. The molecule has 0 amide bonds. The van der Waals surface area contributed by atoms with Crippen LogP contribution in [-0.2, 0) is 19.6 Å². The Morgan fingerprint density at radius 1 is 1.08 bits per heavy atom. The van der Waals surface area contributed by atoms with Crippen molar-refractivity contribution in [2.45, 2.75) is 11.1 Å². The fourth-order valence-electron chi connectivity index (χ4n) is 2.68. The van der Waals surface area contributed by atoms with Crippen LogP contribution in [0.4, 0.5) is 18.9 Å². The fourth-order valence-corrected chi connectivity index (χ4v) is 5.88. The van der Waals surface area contributed by atoms with Gasteiger partial charge in [0, 0.05) is 25.7 Å². The topological polar surface area (TPSA) is 142 Å². The summed E-state index contributed by atoms with van der Waals surface area (Å²) >= 11 is 12.4. The first kappa shape index (κ1) is 30.1. The zero-order valence-electron chi connectivity index (χ0n) is 18.0. The highest BCUT2D eigenvalue weighted by Crippen LogP contribution is 2.36. The van der Waals surface area contributed by atoms with E-state index < -0.39 is 44.3 Å². The van der Waals surface area contributed by atoms with Gasteiger partial charge in [0.05, 0.1) is 23.2 Å². The van der Waals surface area contributed by atoms with Gasteiger partial charge in [0.25, 0.3) is 10.0 Å². The minimum atomic E-state index is -5.41. The molecule has 10 nitrogen and oxygen atoms in total. The molecule has 0 unspecified atom stereocenters. The van der Waals surface area contributed by atoms with Gasteiger partial charge >= 0.3 is 18.1 Å². The molecule has 0 radical (unpaired) electrons. The lowest BCUT2D eigenvalue weighted by Gasteiger charge is -2.20. The second kappa shape index (κ2) is 12.9. The number of rotatable bonds is 12. The van der Waals surface area contributed by atoms with Crippen molar-refractivity contribution in [2.24, 2.45) is 0 Å². The van der Waals surface area contributed by atoms with Crippen molar-refractivity contribution in [1.82, 2.24) is 4.90 Å². The molecule has 0 saturated carbocycles. The Kier molecular flexibility index (Phi) is 10.8. The summed E-state index contributed by atoms with van der Waals surface area (Å²) in [6.07, 6.45) is -5.41. The van der Waals surface area contributed by atoms with Crippen LogP contribution in [0.1, 0.15) is 10.4 Å². The van der Waals surface area contributed by atoms with E-state index in [4.69, 9.17) is 38.2 Å². The lowest BCUT2D eigenvalue weighted by Crippen LogP contribution is -2.33. The fraction of sp³-hybridized carbons (Fsp3) is 0.368. The van der Waals surface area contributed by atoms with Crippen LogP contribution in [0.15, 0.2) is 29.2 Å². The maximum Gasteiger partial charge on any atom is 0.491 e. The van der Waals surface area contributed by atoms with Crippen molar-refractivity contribution >= 4 is 62.2 Å². The summed E-state index contributed by atoms with van der Waals surface area (Å²) in [5, 5.41) is 18.0. The minimum absolute atomic E-state index is 0.0646. The molecule has 0 aliphatic heterocycles. The maximum absolute atomic E-state index is 12.8. The Hall–Kier alpha value is -2.14. The van der Waals surface area contributed by atoms with E-state index >= 15 is 0 Å². The van der Waals surface area contributed by atoms with Crippen LogP contribution in [0.3, 0.4) is 0 Å². The standard InChI is InChI=1S/C19H19Cl2F3N2O8S2/c20-15-10-14(16(21)35-15)36(31,32)25-11-1-2-12(13(9-11)34-18(30)19(22,23)24)17(29)33-8-5-26(3-6-27)4-7-28/h1-2,9-10,25,27-28H,3-8H2. The van der Waals surface area contributed by atoms with Crippen LogP contribution in [-0.4, -0.2) is 81.1 Å². The predicted molar refractivity (Wildman–Crippen MR) is 124 cm³/mol. The number of thiophene rings is 1. The van der Waals surface area contributed by atoms with E-state index in [2.05, 4.69) is 9.46 Å². The third-order valence-electron chi connectivity index (χ3n) is 4.28. The number of nitrogens with zero attached hydrogens (tertiary/aromatic N) is 1. The summed E-state index contributed by atoms with van der Waals surface area (Å²) < 4.78 is 74.7. The lowest BCUT2D eigenvalue weighted by atomic mass is 10.2. The van der Waals surface area contributed by atoms with Gasteiger partial charge < -0.3 is 19.7 Å². The van der Waals surface area contributed by atoms with Crippen LogP contribution in [0.2, 0.25) is 8.67 Å². The van der Waals surface area contributed by atoms with Gasteiger partial charge in [-0.2, -0.15) is 13.2 Å². The van der Waals surface area contributed by atoms with Crippen LogP contribution in [0.5, 0.6) is 5.75 Å². The second-order valence-corrected chi connectivity index (χ2v) is 10.8. The lowest BCUT2D eigenvalue weighted by molar-refractivity contribution is -0.189. The van der Waals surface area contributed by atoms with E-state index in [1.165, 1.54) is 0 Å². The number of halogens is 5. The van der Waals surface area contributed by atoms with E-state index in [9.17, 15) is 31.2 Å². The molecule has 36 heavy (non-hydrogen) atoms. The molecule has 0 spiro atoms. The van der Waals surface area contributed by atoms with Gasteiger partial charge in [-0.05, 0) is 18.2 Å². The molecule has 0 saturated heterocycles. The molecular weight excluding hydrogens is 576 g/mol. The van der Waals surface area contributed by atoms with Crippen LogP contribution >= 0.6 is 34.5 Å². The van der Waals surface area contributed by atoms with Crippen molar-refractivity contribution in [3.63, 3.8) is 0 Å². The van der Waals surface area contributed by atoms with Crippen LogP contribution < -0.4 is 9.46 Å². The van der Waals surface area contributed by atoms with Gasteiger partial charge in [0.15, 0.2) is 0 Å². The third-order valence-corrected chi connectivity index (χ3v) is 7.41. The number of carbonyl (C=O) groups is 2. The number of ether oxygens (including phenoxy) is 2. The SMILES string of the molecule is O=C(OCCN(CCO)CCO)c1ccc(NS(=O)(=O)c2cc(Cl)sc2Cl)cc1OC(=O)C(F)(F)F. The zero-order valence-corrected chi connectivity index (χ0v) is 21.2. The maximum atomic E-state index is 12.8. The third kappa shape index (κ3) is 8.47. The number of esters is 2. The number of sulfonamides is 1. The molecule has 0 bridgehead atoms. The quantitative estimate of drug-likeness (QED) is 0.250. The molecule has 200 valence electrons. The Balaban J connectivity index is 2.29. The smallest absolute Gasteiger partial charge is 0.461 e. The Morgan fingerprint density at radius 3 is 2.25 bits per heavy atom. The molecule has 1 aromatic heterocycles. The first-order valence-electron chi connectivity index (χ1n) is 9.80. The normalized spacial score (nSPS) is 12.0. The Bertz CT molecular complexity index is 1190. The number of alkyl halides is 3. The van der Waals surface area contributed by atoms with Gasteiger partial charge in [-0.3, -0.25) is 9.62 Å². The number of aliphatic hydroxyl groups excluding tert-OH is 2. The molecule has 1 aromatic carbocycles. The summed E-state index contributed by atoms with van der Waals surface area (Å²) in [4.78, 5) is 25.0. The number of anilines is 1. The molecule has 3 N–H and O–H groups in total. The first-order valence-corrected chi connectivity index (χ1v) is 12.9. The second-order valence-electron chi connectivity index (χ2n) is 6.82. The van der Waals surface area contributed by atoms with Gasteiger partial charge in [-0.25, -0.2) is 18.0 Å². The summed E-state index contributed by atoms with van der Waals surface area (Å²) in [5.74, 6) is -4.74. The van der Waals surface area contributed by atoms with E-state index in [0.717, 1.165) is 29.5 Å². The average molecular weight is 595 g/mol. The van der Waals surface area contributed by atoms with Gasteiger partial charge in [-0.1, -0.05) is 23.2 Å². The van der Waals surface area contributed by atoms with Crippen molar-refractivity contribution in [1.29, 1.82) is 0 Å². The van der Waals surface area contributed by atoms with Crippen molar-refractivity contribution in [2.75, 3.05) is 44.2 Å². The summed E-state index contributed by atoms with van der Waals surface area (Å²) in [6, 6.07) is 3.69. The van der Waals surface area contributed by atoms with Crippen LogP contribution in [0, 0.1) is 0 Å². The van der Waals surface area contributed by atoms with Gasteiger partial charge in [0.2, 0.25) is 0 Å².